The molecular weight excluding hydrogens is 424 g/mol. The van der Waals surface area contributed by atoms with Gasteiger partial charge in [-0.25, -0.2) is 22.1 Å². The van der Waals surface area contributed by atoms with Crippen molar-refractivity contribution in [1.29, 1.82) is 0 Å². The second-order valence-corrected chi connectivity index (χ2v) is 7.82. The molecule has 0 radical (unpaired) electrons. The summed E-state index contributed by atoms with van der Waals surface area (Å²) in [6.45, 7) is 0. The van der Waals surface area contributed by atoms with Gasteiger partial charge in [0, 0.05) is 5.56 Å². The monoisotopic (exact) mass is 439 g/mol. The van der Waals surface area contributed by atoms with Gasteiger partial charge in [0.1, 0.15) is 22.3 Å². The second-order valence-electron chi connectivity index (χ2n) is 6.84. The molecule has 0 saturated carbocycles. The van der Waals surface area contributed by atoms with Gasteiger partial charge in [0.05, 0.1) is 22.6 Å². The molecule has 0 fully saturated rings. The van der Waals surface area contributed by atoms with Gasteiger partial charge < -0.3 is 0 Å². The molecule has 3 aromatic carbocycles. The van der Waals surface area contributed by atoms with Crippen molar-refractivity contribution >= 4 is 39.4 Å². The van der Waals surface area contributed by atoms with Crippen molar-refractivity contribution in [3.63, 3.8) is 0 Å². The van der Waals surface area contributed by atoms with Crippen LogP contribution in [0.25, 0.3) is 11.1 Å². The topological polar surface area (TPSA) is 71.5 Å². The lowest BCUT2D eigenvalue weighted by molar-refractivity contribution is -0.119. The largest absolute Gasteiger partial charge is 0.268 e. The highest BCUT2D eigenvalue weighted by Gasteiger charge is 2.41. The van der Waals surface area contributed by atoms with E-state index in [1.807, 2.05) is 0 Å². The van der Waals surface area contributed by atoms with Gasteiger partial charge in [-0.05, 0) is 41.5 Å². The van der Waals surface area contributed by atoms with Gasteiger partial charge in [0.2, 0.25) is 0 Å². The van der Waals surface area contributed by atoms with E-state index in [1.54, 1.807) is 30.3 Å². The van der Waals surface area contributed by atoms with Crippen LogP contribution in [0.15, 0.2) is 72.8 Å². The second kappa shape index (κ2) is 8.23. The van der Waals surface area contributed by atoms with Gasteiger partial charge in [-0.1, -0.05) is 42.5 Å². The van der Waals surface area contributed by atoms with E-state index in [4.69, 9.17) is 0 Å². The predicted molar refractivity (Wildman–Crippen MR) is 113 cm³/mol. The third-order valence-corrected chi connectivity index (χ3v) is 5.47. The Morgan fingerprint density at radius 3 is 2.03 bits per heavy atom. The summed E-state index contributed by atoms with van der Waals surface area (Å²) in [5.74, 6) is -3.11. The van der Waals surface area contributed by atoms with Crippen LogP contribution in [0, 0.1) is 11.6 Å². The van der Waals surface area contributed by atoms with Gasteiger partial charge in [-0.15, -0.1) is 0 Å². The minimum absolute atomic E-state index is 0.0106. The Balaban J connectivity index is 1.89. The zero-order valence-electron chi connectivity index (χ0n) is 15.9. The normalized spacial score (nSPS) is 14.1. The highest BCUT2D eigenvalue weighted by Crippen LogP contribution is 2.39. The van der Waals surface area contributed by atoms with Gasteiger partial charge in [-0.2, -0.15) is 0 Å². The van der Waals surface area contributed by atoms with Gasteiger partial charge in [0.25, 0.3) is 11.8 Å². The smallest absolute Gasteiger partial charge is 0.266 e. The van der Waals surface area contributed by atoms with Crippen molar-refractivity contribution in [3.8, 4) is 0 Å². The van der Waals surface area contributed by atoms with E-state index in [9.17, 15) is 26.8 Å². The Morgan fingerprint density at radius 1 is 0.774 bits per heavy atom. The summed E-state index contributed by atoms with van der Waals surface area (Å²) in [5.41, 5.74) is 0.553. The van der Waals surface area contributed by atoms with E-state index in [-0.39, 0.29) is 33.7 Å². The summed E-state index contributed by atoms with van der Waals surface area (Å²) >= 11 is 0. The molecule has 3 aromatic rings. The van der Waals surface area contributed by atoms with Crippen molar-refractivity contribution in [2.75, 3.05) is 4.90 Å². The molecule has 0 aromatic heterocycles. The molecule has 2 amide bonds. The molecule has 5 nitrogen and oxygen atoms in total. The van der Waals surface area contributed by atoms with Crippen LogP contribution < -0.4 is 4.90 Å². The summed E-state index contributed by atoms with van der Waals surface area (Å²) in [6.07, 6.45) is 0. The van der Waals surface area contributed by atoms with Crippen molar-refractivity contribution in [1.82, 2.24) is 0 Å². The van der Waals surface area contributed by atoms with E-state index in [0.717, 1.165) is 23.1 Å². The standard InChI is InChI=1S/C23H15F2NO4S/c24-16-7-9-17(10-8-16)26-22(27)20(15-4-2-1-3-5-15)21(23(26)28)18-11-6-14(12-19(18)25)13-31(29)30/h1-12,31H,13H2. The third-order valence-electron chi connectivity index (χ3n) is 4.85. The van der Waals surface area contributed by atoms with Crippen molar-refractivity contribution in [3.05, 3.63) is 101 Å². The Bertz CT molecular complexity index is 1290. The summed E-state index contributed by atoms with van der Waals surface area (Å²) in [5, 5.41) is 0. The number of amides is 2. The maximum absolute atomic E-state index is 15.0. The molecule has 0 bridgehead atoms. The molecule has 31 heavy (non-hydrogen) atoms. The molecule has 0 N–H and O–H groups in total. The molecule has 8 heteroatoms. The number of nitrogens with zero attached hydrogens (tertiary/aromatic N) is 1. The summed E-state index contributed by atoms with van der Waals surface area (Å²) in [6, 6.07) is 16.9. The van der Waals surface area contributed by atoms with Crippen molar-refractivity contribution in [2.24, 2.45) is 0 Å². The van der Waals surface area contributed by atoms with Crippen LogP contribution in [0.5, 0.6) is 0 Å². The number of rotatable bonds is 5. The third kappa shape index (κ3) is 3.89. The van der Waals surface area contributed by atoms with E-state index < -0.39 is 34.2 Å². The molecule has 1 heterocycles. The Morgan fingerprint density at radius 2 is 1.42 bits per heavy atom. The molecule has 0 spiro atoms. The molecule has 0 unspecified atom stereocenters. The average Bonchev–Trinajstić information content (AvgIpc) is 2.99. The fraction of sp³-hybridized carbons (Fsp3) is 0.0435. The number of anilines is 1. The van der Waals surface area contributed by atoms with Crippen molar-refractivity contribution < 1.29 is 26.8 Å². The van der Waals surface area contributed by atoms with E-state index in [1.165, 1.54) is 24.3 Å². The van der Waals surface area contributed by atoms with E-state index >= 15 is 0 Å². The fourth-order valence-corrected chi connectivity index (χ4v) is 3.98. The first-order valence-electron chi connectivity index (χ1n) is 9.21. The van der Waals surface area contributed by atoms with Crippen LogP contribution in [-0.2, 0) is 26.0 Å². The first kappa shape index (κ1) is 20.6. The number of thiol groups is 1. The van der Waals surface area contributed by atoms with Gasteiger partial charge in [0.15, 0.2) is 0 Å². The lowest BCUT2D eigenvalue weighted by atomic mass is 9.95. The molecule has 0 aliphatic carbocycles. The van der Waals surface area contributed by atoms with Crippen LogP contribution in [0.4, 0.5) is 14.5 Å². The Labute approximate surface area is 178 Å². The van der Waals surface area contributed by atoms with Gasteiger partial charge >= 0.3 is 0 Å². The number of carbonyl (C=O) groups excluding carboxylic acids is 2. The molecule has 1 aliphatic rings. The molecule has 0 saturated heterocycles. The fourth-order valence-electron chi connectivity index (χ4n) is 3.49. The SMILES string of the molecule is O=C1C(c2ccccc2)=C(c2ccc(C[SH](=O)=O)cc2F)C(=O)N1c1ccc(F)cc1. The number of hydrogen-bond donors (Lipinski definition) is 1. The van der Waals surface area contributed by atoms with E-state index in [0.29, 0.717) is 5.56 Å². The predicted octanol–water partition coefficient (Wildman–Crippen LogP) is 3.56. The zero-order valence-corrected chi connectivity index (χ0v) is 16.8. The van der Waals surface area contributed by atoms with Crippen LogP contribution >= 0.6 is 0 Å². The maximum Gasteiger partial charge on any atom is 0.266 e. The average molecular weight is 439 g/mol. The first-order valence-corrected chi connectivity index (χ1v) is 10.6. The molecule has 0 atom stereocenters. The number of hydrogen-bond acceptors (Lipinski definition) is 4. The van der Waals surface area contributed by atoms with Crippen LogP contribution in [-0.4, -0.2) is 20.2 Å². The maximum atomic E-state index is 15.0. The Kier molecular flexibility index (Phi) is 5.48. The molecule has 4 rings (SSSR count). The van der Waals surface area contributed by atoms with Crippen LogP contribution in [0.1, 0.15) is 16.7 Å². The summed E-state index contributed by atoms with van der Waals surface area (Å²) < 4.78 is 50.2. The molecule has 156 valence electrons. The zero-order chi connectivity index (χ0) is 22.1. The minimum Gasteiger partial charge on any atom is -0.268 e. The highest BCUT2D eigenvalue weighted by molar-refractivity contribution is 7.71. The van der Waals surface area contributed by atoms with Gasteiger partial charge in [-0.3, -0.25) is 9.59 Å². The lowest BCUT2D eigenvalue weighted by Gasteiger charge is -2.15. The summed E-state index contributed by atoms with van der Waals surface area (Å²) in [4.78, 5) is 27.4. The highest BCUT2D eigenvalue weighted by atomic mass is 32.2. The summed E-state index contributed by atoms with van der Waals surface area (Å²) in [7, 11) is -2.75. The quantitative estimate of drug-likeness (QED) is 0.488. The number of benzene rings is 3. The van der Waals surface area contributed by atoms with Crippen LogP contribution in [0.3, 0.4) is 0 Å². The molecule has 1 aliphatic heterocycles. The Hall–Kier alpha value is -3.65. The van der Waals surface area contributed by atoms with E-state index in [2.05, 4.69) is 0 Å². The number of halogens is 2. The number of carbonyl (C=O) groups is 2. The van der Waals surface area contributed by atoms with Crippen LogP contribution in [0.2, 0.25) is 0 Å². The lowest BCUT2D eigenvalue weighted by Crippen LogP contribution is -2.31. The molecular formula is C23H15F2NO4S. The number of imide groups is 1. The first-order chi connectivity index (χ1) is 14.9. The minimum atomic E-state index is -2.75. The van der Waals surface area contributed by atoms with Crippen molar-refractivity contribution in [2.45, 2.75) is 5.75 Å².